The first-order valence-electron chi connectivity index (χ1n) is 8.68. The van der Waals surface area contributed by atoms with Gasteiger partial charge in [-0.1, -0.05) is 42.3 Å². The lowest BCUT2D eigenvalue weighted by atomic mass is 10.3. The fraction of sp³-hybridized carbons (Fsp3) is 0.150. The summed E-state index contributed by atoms with van der Waals surface area (Å²) in [7, 11) is -7.51. The third-order valence-corrected chi connectivity index (χ3v) is 7.68. The number of terminal acetylenes is 1. The van der Waals surface area contributed by atoms with E-state index < -0.39 is 20.0 Å². The molecule has 0 saturated carbocycles. The van der Waals surface area contributed by atoms with Crippen LogP contribution in [-0.4, -0.2) is 43.2 Å². The first kappa shape index (κ1) is 20.8. The molecule has 9 heteroatoms. The van der Waals surface area contributed by atoms with Crippen LogP contribution in [0.1, 0.15) is 5.69 Å². The molecular weight excluding hydrogens is 410 g/mol. The smallest absolute Gasteiger partial charge is 0.241 e. The van der Waals surface area contributed by atoms with Gasteiger partial charge in [-0.15, -0.1) is 6.42 Å². The molecule has 1 aromatic heterocycles. The van der Waals surface area contributed by atoms with Crippen LogP contribution in [0.2, 0.25) is 0 Å². The van der Waals surface area contributed by atoms with E-state index >= 15 is 0 Å². The van der Waals surface area contributed by atoms with Gasteiger partial charge in [-0.3, -0.25) is 0 Å². The first-order chi connectivity index (χ1) is 13.9. The minimum Gasteiger partial charge on any atom is -0.241 e. The molecule has 29 heavy (non-hydrogen) atoms. The molecule has 0 unspecified atom stereocenters. The van der Waals surface area contributed by atoms with Crippen LogP contribution < -0.4 is 0 Å². The number of aromatic nitrogens is 2. The Kier molecular flexibility index (Phi) is 6.17. The molecule has 0 aliphatic heterocycles. The summed E-state index contributed by atoms with van der Waals surface area (Å²) < 4.78 is 53.0. The summed E-state index contributed by atoms with van der Waals surface area (Å²) in [4.78, 5) is 4.39. The Morgan fingerprint density at radius 1 is 0.931 bits per heavy atom. The number of imidazole rings is 1. The highest BCUT2D eigenvalue weighted by atomic mass is 32.2. The number of hydrogen-bond acceptors (Lipinski definition) is 5. The summed E-state index contributed by atoms with van der Waals surface area (Å²) in [5.41, 5.74) is 0.440. The molecule has 1 heterocycles. The highest BCUT2D eigenvalue weighted by Gasteiger charge is 2.24. The molecule has 0 atom stereocenters. The second-order valence-corrected chi connectivity index (χ2v) is 9.90. The van der Waals surface area contributed by atoms with Crippen LogP contribution in [0.5, 0.6) is 0 Å². The van der Waals surface area contributed by atoms with Crippen LogP contribution in [-0.2, 0) is 26.5 Å². The third kappa shape index (κ3) is 4.56. The zero-order chi connectivity index (χ0) is 20.9. The molecule has 0 spiro atoms. The molecule has 0 aliphatic carbocycles. The van der Waals surface area contributed by atoms with Gasteiger partial charge in [0.2, 0.25) is 10.0 Å². The van der Waals surface area contributed by atoms with Gasteiger partial charge in [-0.2, -0.15) is 4.31 Å². The van der Waals surface area contributed by atoms with Crippen molar-refractivity contribution >= 4 is 20.0 Å². The second kappa shape index (κ2) is 8.61. The van der Waals surface area contributed by atoms with Gasteiger partial charge in [0.15, 0.2) is 0 Å². The molecule has 0 fully saturated rings. The van der Waals surface area contributed by atoms with Gasteiger partial charge in [-0.05, 0) is 24.3 Å². The number of sulfonamides is 1. The Morgan fingerprint density at radius 3 is 2.10 bits per heavy atom. The molecule has 0 amide bonds. The predicted octanol–water partition coefficient (Wildman–Crippen LogP) is 1.99. The zero-order valence-electron chi connectivity index (χ0n) is 15.4. The molecule has 3 rings (SSSR count). The van der Waals surface area contributed by atoms with Crippen LogP contribution in [0.25, 0.3) is 0 Å². The minimum absolute atomic E-state index is 0.0732. The van der Waals surface area contributed by atoms with Gasteiger partial charge < -0.3 is 0 Å². The van der Waals surface area contributed by atoms with Crippen molar-refractivity contribution in [3.05, 3.63) is 78.9 Å². The molecule has 0 bridgehead atoms. The van der Waals surface area contributed by atoms with Crippen molar-refractivity contribution in [3.63, 3.8) is 0 Å². The maximum Gasteiger partial charge on any atom is 0.268 e. The number of rotatable bonds is 8. The standard InChI is InChI=1S/C20H19N3O4S2/c1-2-14-22(28(24,25)19-9-5-3-6-10-19)15-13-18-16-23(17-21-18)29(26,27)20-11-7-4-8-12-20/h1,3-12,16-17H,13-15H2. The Balaban J connectivity index is 1.78. The van der Waals surface area contributed by atoms with Gasteiger partial charge in [0.25, 0.3) is 10.0 Å². The van der Waals surface area contributed by atoms with Crippen LogP contribution in [0, 0.1) is 12.3 Å². The van der Waals surface area contributed by atoms with E-state index in [9.17, 15) is 16.8 Å². The maximum atomic E-state index is 12.8. The van der Waals surface area contributed by atoms with Crippen molar-refractivity contribution in [2.45, 2.75) is 16.2 Å². The van der Waals surface area contributed by atoms with Gasteiger partial charge >= 0.3 is 0 Å². The number of nitrogens with zero attached hydrogens (tertiary/aromatic N) is 3. The van der Waals surface area contributed by atoms with Crippen molar-refractivity contribution in [3.8, 4) is 12.3 Å². The third-order valence-electron chi connectivity index (χ3n) is 4.20. The van der Waals surface area contributed by atoms with Crippen LogP contribution >= 0.6 is 0 Å². The molecule has 0 aliphatic rings. The van der Waals surface area contributed by atoms with Gasteiger partial charge in [0, 0.05) is 19.2 Å². The van der Waals surface area contributed by atoms with Crippen LogP contribution in [0.3, 0.4) is 0 Å². The topological polar surface area (TPSA) is 89.3 Å². The highest BCUT2D eigenvalue weighted by molar-refractivity contribution is 7.90. The molecule has 2 aromatic carbocycles. The monoisotopic (exact) mass is 429 g/mol. The van der Waals surface area contributed by atoms with Crippen molar-refractivity contribution < 1.29 is 16.8 Å². The lowest BCUT2D eigenvalue weighted by Crippen LogP contribution is -2.33. The lowest BCUT2D eigenvalue weighted by molar-refractivity contribution is 0.448. The lowest BCUT2D eigenvalue weighted by Gasteiger charge is -2.19. The Morgan fingerprint density at radius 2 is 1.52 bits per heavy atom. The van der Waals surface area contributed by atoms with Crippen LogP contribution in [0.4, 0.5) is 0 Å². The SMILES string of the molecule is C#CCN(CCc1cn(S(=O)(=O)c2ccccc2)cn1)S(=O)(=O)c1ccccc1. The van der Waals surface area contributed by atoms with E-state index in [0.717, 1.165) is 3.97 Å². The van der Waals surface area contributed by atoms with E-state index in [1.807, 2.05) is 0 Å². The largest absolute Gasteiger partial charge is 0.268 e. The Hall–Kier alpha value is -2.93. The first-order valence-corrected chi connectivity index (χ1v) is 11.6. The molecule has 0 radical (unpaired) electrons. The van der Waals surface area contributed by atoms with E-state index in [1.165, 1.54) is 41.1 Å². The molecule has 150 valence electrons. The molecule has 0 saturated heterocycles. The fourth-order valence-corrected chi connectivity index (χ4v) is 5.24. The Bertz CT molecular complexity index is 1210. The summed E-state index contributed by atoms with van der Waals surface area (Å²) in [6, 6.07) is 16.0. The number of benzene rings is 2. The van der Waals surface area contributed by atoms with E-state index in [1.54, 1.807) is 36.4 Å². The quantitative estimate of drug-likeness (QED) is 0.511. The van der Waals surface area contributed by atoms with Gasteiger partial charge in [-0.25, -0.2) is 25.8 Å². The summed E-state index contributed by atoms with van der Waals surface area (Å²) in [6.45, 7) is -0.0237. The predicted molar refractivity (Wildman–Crippen MR) is 109 cm³/mol. The van der Waals surface area contributed by atoms with E-state index in [-0.39, 0.29) is 29.3 Å². The van der Waals surface area contributed by atoms with E-state index in [4.69, 9.17) is 6.42 Å². The van der Waals surface area contributed by atoms with Crippen molar-refractivity contribution in [1.82, 2.24) is 13.3 Å². The summed E-state index contributed by atoms with van der Waals surface area (Å²) >= 11 is 0. The summed E-state index contributed by atoms with van der Waals surface area (Å²) in [6.07, 6.45) is 8.14. The van der Waals surface area contributed by atoms with Gasteiger partial charge in [0.1, 0.15) is 6.33 Å². The molecule has 3 aromatic rings. The van der Waals surface area contributed by atoms with Crippen molar-refractivity contribution in [2.24, 2.45) is 0 Å². The van der Waals surface area contributed by atoms with Gasteiger partial charge in [0.05, 0.1) is 22.0 Å². The normalized spacial score (nSPS) is 12.0. The van der Waals surface area contributed by atoms with E-state index in [2.05, 4.69) is 10.9 Å². The fourth-order valence-electron chi connectivity index (χ4n) is 2.69. The minimum atomic E-state index is -3.76. The average Bonchev–Trinajstić information content (AvgIpc) is 3.22. The van der Waals surface area contributed by atoms with E-state index in [0.29, 0.717) is 5.69 Å². The second-order valence-electron chi connectivity index (χ2n) is 6.12. The van der Waals surface area contributed by atoms with Crippen molar-refractivity contribution in [1.29, 1.82) is 0 Å². The number of hydrogen-bond donors (Lipinski definition) is 0. The van der Waals surface area contributed by atoms with Crippen LogP contribution in [0.15, 0.2) is 83.0 Å². The molecular formula is C20H19N3O4S2. The molecule has 0 N–H and O–H groups in total. The maximum absolute atomic E-state index is 12.8. The zero-order valence-corrected chi connectivity index (χ0v) is 17.1. The summed E-state index contributed by atoms with van der Waals surface area (Å²) in [5.74, 6) is 2.36. The average molecular weight is 430 g/mol. The summed E-state index contributed by atoms with van der Waals surface area (Å²) in [5, 5.41) is 0. The van der Waals surface area contributed by atoms with Crippen molar-refractivity contribution in [2.75, 3.05) is 13.1 Å². The molecule has 7 nitrogen and oxygen atoms in total. The Labute approximate surface area is 170 Å². The highest BCUT2D eigenvalue weighted by Crippen LogP contribution is 2.17.